The number of fused-ring (bicyclic) bond motifs is 1. The van der Waals surface area contributed by atoms with Crippen molar-refractivity contribution in [2.24, 2.45) is 7.05 Å². The summed E-state index contributed by atoms with van der Waals surface area (Å²) in [5.41, 5.74) is 4.11. The standard InChI is InChI=1S/C16H17N5O/c1-10-14(16(22)17-9-12-7-5-4-6-8-12)19-13-11(2)20-21(3)15(13)18-10/h4-8H,9H2,1-3H3,(H,17,22). The fraction of sp³-hybridized carbons (Fsp3) is 0.250. The van der Waals surface area contributed by atoms with Gasteiger partial charge < -0.3 is 5.32 Å². The first-order chi connectivity index (χ1) is 10.6. The molecule has 112 valence electrons. The van der Waals surface area contributed by atoms with E-state index in [2.05, 4.69) is 20.4 Å². The van der Waals surface area contributed by atoms with Crippen LogP contribution < -0.4 is 5.32 Å². The second-order valence-corrected chi connectivity index (χ2v) is 5.21. The third-order valence-corrected chi connectivity index (χ3v) is 3.51. The Morgan fingerprint density at radius 2 is 1.86 bits per heavy atom. The van der Waals surface area contributed by atoms with Gasteiger partial charge in [-0.15, -0.1) is 0 Å². The van der Waals surface area contributed by atoms with Gasteiger partial charge in [0.05, 0.1) is 11.4 Å². The monoisotopic (exact) mass is 295 g/mol. The molecule has 0 saturated carbocycles. The van der Waals surface area contributed by atoms with E-state index in [1.807, 2.05) is 44.3 Å². The highest BCUT2D eigenvalue weighted by molar-refractivity contribution is 5.95. The molecule has 0 bridgehead atoms. The van der Waals surface area contributed by atoms with Crippen molar-refractivity contribution < 1.29 is 4.79 Å². The molecule has 0 aliphatic carbocycles. The molecule has 0 unspecified atom stereocenters. The lowest BCUT2D eigenvalue weighted by Crippen LogP contribution is -2.25. The van der Waals surface area contributed by atoms with E-state index < -0.39 is 0 Å². The van der Waals surface area contributed by atoms with Crippen LogP contribution in [-0.4, -0.2) is 25.7 Å². The van der Waals surface area contributed by atoms with Gasteiger partial charge in [0, 0.05) is 13.6 Å². The van der Waals surface area contributed by atoms with E-state index in [0.717, 1.165) is 11.3 Å². The Bertz CT molecular complexity index is 839. The first-order valence-electron chi connectivity index (χ1n) is 7.06. The molecule has 0 fully saturated rings. The van der Waals surface area contributed by atoms with Crippen LogP contribution in [0.15, 0.2) is 30.3 Å². The number of carbonyl (C=O) groups excluding carboxylic acids is 1. The summed E-state index contributed by atoms with van der Waals surface area (Å²) in [6.07, 6.45) is 0. The van der Waals surface area contributed by atoms with Crippen molar-refractivity contribution in [3.05, 3.63) is 53.0 Å². The number of hydrogen-bond acceptors (Lipinski definition) is 4. The molecule has 3 rings (SSSR count). The van der Waals surface area contributed by atoms with E-state index in [-0.39, 0.29) is 5.91 Å². The summed E-state index contributed by atoms with van der Waals surface area (Å²) in [5.74, 6) is -0.223. The van der Waals surface area contributed by atoms with E-state index in [1.54, 1.807) is 11.6 Å². The predicted molar refractivity (Wildman–Crippen MR) is 83.4 cm³/mol. The number of aromatic nitrogens is 4. The molecule has 0 radical (unpaired) electrons. The first kappa shape index (κ1) is 14.2. The van der Waals surface area contributed by atoms with Gasteiger partial charge in [-0.3, -0.25) is 4.79 Å². The van der Waals surface area contributed by atoms with Gasteiger partial charge in [0.15, 0.2) is 5.65 Å². The molecule has 2 aromatic heterocycles. The zero-order valence-electron chi connectivity index (χ0n) is 12.8. The highest BCUT2D eigenvalue weighted by atomic mass is 16.1. The Balaban J connectivity index is 1.87. The SMILES string of the molecule is Cc1nc2c(nc1C(=O)NCc1ccccc1)c(C)nn2C. The number of hydrogen-bond donors (Lipinski definition) is 1. The summed E-state index contributed by atoms with van der Waals surface area (Å²) in [6, 6.07) is 9.76. The van der Waals surface area contributed by atoms with Crippen molar-refractivity contribution in [3.63, 3.8) is 0 Å². The van der Waals surface area contributed by atoms with E-state index in [0.29, 0.717) is 29.1 Å². The van der Waals surface area contributed by atoms with Gasteiger partial charge in [-0.25, -0.2) is 14.6 Å². The van der Waals surface area contributed by atoms with Crippen LogP contribution in [0.4, 0.5) is 0 Å². The average molecular weight is 295 g/mol. The minimum absolute atomic E-state index is 0.223. The van der Waals surface area contributed by atoms with E-state index in [9.17, 15) is 4.79 Å². The Morgan fingerprint density at radius 3 is 2.59 bits per heavy atom. The Hall–Kier alpha value is -2.76. The summed E-state index contributed by atoms with van der Waals surface area (Å²) in [6.45, 7) is 4.11. The van der Waals surface area contributed by atoms with Gasteiger partial charge in [-0.1, -0.05) is 30.3 Å². The summed E-state index contributed by atoms with van der Waals surface area (Å²) in [7, 11) is 1.82. The molecule has 6 nitrogen and oxygen atoms in total. The smallest absolute Gasteiger partial charge is 0.272 e. The number of nitrogens with zero attached hydrogens (tertiary/aromatic N) is 4. The maximum Gasteiger partial charge on any atom is 0.272 e. The highest BCUT2D eigenvalue weighted by Crippen LogP contribution is 2.15. The summed E-state index contributed by atoms with van der Waals surface area (Å²) < 4.78 is 1.68. The van der Waals surface area contributed by atoms with Crippen LogP contribution in [0.5, 0.6) is 0 Å². The number of nitrogens with one attached hydrogen (secondary N) is 1. The summed E-state index contributed by atoms with van der Waals surface area (Å²) in [4.78, 5) is 21.3. The van der Waals surface area contributed by atoms with Crippen molar-refractivity contribution in [2.75, 3.05) is 0 Å². The molecule has 3 aromatic rings. The van der Waals surface area contributed by atoms with Crippen LogP contribution in [0.2, 0.25) is 0 Å². The van der Waals surface area contributed by atoms with Gasteiger partial charge in [0.2, 0.25) is 0 Å². The molecule has 0 atom stereocenters. The first-order valence-corrected chi connectivity index (χ1v) is 7.06. The minimum Gasteiger partial charge on any atom is -0.347 e. The molecule has 0 spiro atoms. The number of amides is 1. The average Bonchev–Trinajstić information content (AvgIpc) is 2.79. The molecule has 22 heavy (non-hydrogen) atoms. The number of rotatable bonds is 3. The van der Waals surface area contributed by atoms with Crippen LogP contribution in [0.1, 0.15) is 27.4 Å². The van der Waals surface area contributed by atoms with Crippen LogP contribution in [0.25, 0.3) is 11.2 Å². The normalized spacial score (nSPS) is 10.9. The van der Waals surface area contributed by atoms with E-state index in [1.165, 1.54) is 0 Å². The van der Waals surface area contributed by atoms with Crippen molar-refractivity contribution in [1.82, 2.24) is 25.1 Å². The topological polar surface area (TPSA) is 72.7 Å². The molecular formula is C16H17N5O. The van der Waals surface area contributed by atoms with Crippen molar-refractivity contribution in [1.29, 1.82) is 0 Å². The van der Waals surface area contributed by atoms with Crippen molar-refractivity contribution in [3.8, 4) is 0 Å². The van der Waals surface area contributed by atoms with E-state index in [4.69, 9.17) is 0 Å². The number of aryl methyl sites for hydroxylation is 3. The van der Waals surface area contributed by atoms with Gasteiger partial charge in [0.25, 0.3) is 5.91 Å². The Morgan fingerprint density at radius 1 is 1.14 bits per heavy atom. The Kier molecular flexibility index (Phi) is 3.58. The molecule has 1 N–H and O–H groups in total. The van der Waals surface area contributed by atoms with Gasteiger partial charge in [-0.05, 0) is 19.4 Å². The fourth-order valence-corrected chi connectivity index (χ4v) is 2.37. The zero-order valence-corrected chi connectivity index (χ0v) is 12.8. The third-order valence-electron chi connectivity index (χ3n) is 3.51. The van der Waals surface area contributed by atoms with Crippen molar-refractivity contribution >= 4 is 17.1 Å². The van der Waals surface area contributed by atoms with Crippen LogP contribution >= 0.6 is 0 Å². The molecule has 2 heterocycles. The summed E-state index contributed by atoms with van der Waals surface area (Å²) >= 11 is 0. The molecule has 0 aliphatic rings. The highest BCUT2D eigenvalue weighted by Gasteiger charge is 2.16. The number of benzene rings is 1. The molecule has 6 heteroatoms. The van der Waals surface area contributed by atoms with Gasteiger partial charge in [-0.2, -0.15) is 5.10 Å². The quantitative estimate of drug-likeness (QED) is 0.801. The lowest BCUT2D eigenvalue weighted by Gasteiger charge is -2.07. The fourth-order valence-electron chi connectivity index (χ4n) is 2.37. The maximum absolute atomic E-state index is 12.4. The lowest BCUT2D eigenvalue weighted by molar-refractivity contribution is 0.0945. The van der Waals surface area contributed by atoms with Crippen LogP contribution in [0, 0.1) is 13.8 Å². The predicted octanol–water partition coefficient (Wildman–Crippen LogP) is 1.91. The summed E-state index contributed by atoms with van der Waals surface area (Å²) in [5, 5.41) is 7.16. The zero-order chi connectivity index (χ0) is 15.7. The Labute approximate surface area is 128 Å². The van der Waals surface area contributed by atoms with Crippen LogP contribution in [-0.2, 0) is 13.6 Å². The molecule has 1 aromatic carbocycles. The second kappa shape index (κ2) is 5.55. The largest absolute Gasteiger partial charge is 0.347 e. The van der Waals surface area contributed by atoms with Gasteiger partial charge >= 0.3 is 0 Å². The second-order valence-electron chi connectivity index (χ2n) is 5.21. The molecule has 0 saturated heterocycles. The minimum atomic E-state index is -0.223. The molecule has 0 aliphatic heterocycles. The van der Waals surface area contributed by atoms with Crippen molar-refractivity contribution in [2.45, 2.75) is 20.4 Å². The maximum atomic E-state index is 12.4. The molecular weight excluding hydrogens is 278 g/mol. The number of carbonyl (C=O) groups is 1. The third kappa shape index (κ3) is 2.55. The van der Waals surface area contributed by atoms with Gasteiger partial charge in [0.1, 0.15) is 11.2 Å². The molecule has 1 amide bonds. The lowest BCUT2D eigenvalue weighted by atomic mass is 10.2. The van der Waals surface area contributed by atoms with Crippen LogP contribution in [0.3, 0.4) is 0 Å². The van der Waals surface area contributed by atoms with E-state index >= 15 is 0 Å².